The number of thioether (sulfide) groups is 2. The second-order valence-corrected chi connectivity index (χ2v) is 9.14. The highest BCUT2D eigenvalue weighted by atomic mass is 32.2. The molecule has 4 rings (SSSR count). The smallest absolute Gasteiger partial charge is 0.230 e. The molecule has 0 spiro atoms. The van der Waals surface area contributed by atoms with Crippen molar-refractivity contribution in [3.05, 3.63) is 47.3 Å². The lowest BCUT2D eigenvalue weighted by molar-refractivity contribution is -0.119. The van der Waals surface area contributed by atoms with E-state index in [0.717, 1.165) is 34.6 Å². The van der Waals surface area contributed by atoms with Gasteiger partial charge in [-0.2, -0.15) is 0 Å². The zero-order valence-corrected chi connectivity index (χ0v) is 17.4. The maximum Gasteiger partial charge on any atom is 0.230 e. The summed E-state index contributed by atoms with van der Waals surface area (Å²) in [5, 5.41) is 14.6. The van der Waals surface area contributed by atoms with Crippen molar-refractivity contribution in [3.8, 4) is 10.7 Å². The number of nitrogens with zero attached hydrogens (tertiary/aromatic N) is 3. The SMILES string of the molecule is CCn1c(SCC(=O)N[C@@H]2CCSc3ccccc32)nnc1-c1cccs1. The summed E-state index contributed by atoms with van der Waals surface area (Å²) in [6.07, 6.45) is 0.964. The van der Waals surface area contributed by atoms with Crippen LogP contribution in [0.1, 0.15) is 24.9 Å². The highest BCUT2D eigenvalue weighted by molar-refractivity contribution is 7.99. The number of carbonyl (C=O) groups is 1. The first-order chi connectivity index (χ1) is 13.3. The van der Waals surface area contributed by atoms with Crippen LogP contribution in [0, 0.1) is 0 Å². The fraction of sp³-hybridized carbons (Fsp3) is 0.316. The van der Waals surface area contributed by atoms with Gasteiger partial charge in [0.1, 0.15) is 0 Å². The van der Waals surface area contributed by atoms with Gasteiger partial charge in [-0.05, 0) is 36.4 Å². The first-order valence-electron chi connectivity index (χ1n) is 8.87. The largest absolute Gasteiger partial charge is 0.348 e. The number of carbonyl (C=O) groups excluding carboxylic acids is 1. The third-order valence-electron chi connectivity index (χ3n) is 4.40. The van der Waals surface area contributed by atoms with E-state index in [1.807, 2.05) is 35.3 Å². The number of nitrogens with one attached hydrogen (secondary N) is 1. The van der Waals surface area contributed by atoms with Gasteiger partial charge in [0.2, 0.25) is 5.91 Å². The Bertz CT molecular complexity index is 923. The molecule has 1 N–H and O–H groups in total. The molecule has 0 radical (unpaired) electrons. The van der Waals surface area contributed by atoms with Crippen molar-refractivity contribution in [1.82, 2.24) is 20.1 Å². The summed E-state index contributed by atoms with van der Waals surface area (Å²) in [6, 6.07) is 12.5. The molecule has 140 valence electrons. The van der Waals surface area contributed by atoms with Crippen LogP contribution in [0.25, 0.3) is 10.7 Å². The van der Waals surface area contributed by atoms with E-state index in [1.54, 1.807) is 11.3 Å². The molecule has 3 aromatic rings. The lowest BCUT2D eigenvalue weighted by Gasteiger charge is -2.25. The van der Waals surface area contributed by atoms with Crippen LogP contribution in [-0.4, -0.2) is 32.2 Å². The summed E-state index contributed by atoms with van der Waals surface area (Å²) in [5.41, 5.74) is 1.23. The van der Waals surface area contributed by atoms with Gasteiger partial charge in [0.25, 0.3) is 0 Å². The van der Waals surface area contributed by atoms with Crippen molar-refractivity contribution in [1.29, 1.82) is 0 Å². The Morgan fingerprint density at radius 1 is 1.30 bits per heavy atom. The van der Waals surface area contributed by atoms with E-state index in [2.05, 4.69) is 45.2 Å². The van der Waals surface area contributed by atoms with Crippen molar-refractivity contribution in [2.45, 2.75) is 36.0 Å². The van der Waals surface area contributed by atoms with E-state index in [1.165, 1.54) is 22.2 Å². The molecule has 2 aromatic heterocycles. The van der Waals surface area contributed by atoms with Crippen LogP contribution in [0.15, 0.2) is 51.8 Å². The van der Waals surface area contributed by atoms with Gasteiger partial charge in [-0.1, -0.05) is 36.0 Å². The van der Waals surface area contributed by atoms with Crippen molar-refractivity contribution >= 4 is 40.8 Å². The van der Waals surface area contributed by atoms with E-state index in [4.69, 9.17) is 0 Å². The zero-order valence-electron chi connectivity index (χ0n) is 14.9. The average Bonchev–Trinajstić information content (AvgIpc) is 3.36. The quantitative estimate of drug-likeness (QED) is 0.601. The maximum absolute atomic E-state index is 12.5. The van der Waals surface area contributed by atoms with Gasteiger partial charge in [-0.25, -0.2) is 0 Å². The number of thiophene rings is 1. The Morgan fingerprint density at radius 3 is 3.00 bits per heavy atom. The molecule has 0 bridgehead atoms. The normalized spacial score (nSPS) is 16.1. The number of hydrogen-bond donors (Lipinski definition) is 1. The number of amides is 1. The van der Waals surface area contributed by atoms with Gasteiger partial charge in [0.15, 0.2) is 11.0 Å². The summed E-state index contributed by atoms with van der Waals surface area (Å²) < 4.78 is 2.07. The Hall–Kier alpha value is -1.77. The van der Waals surface area contributed by atoms with Gasteiger partial charge in [0, 0.05) is 17.2 Å². The number of benzene rings is 1. The Morgan fingerprint density at radius 2 is 2.19 bits per heavy atom. The lowest BCUT2D eigenvalue weighted by atomic mass is 10.0. The molecule has 27 heavy (non-hydrogen) atoms. The predicted octanol–water partition coefficient (Wildman–Crippen LogP) is 4.47. The standard InChI is InChI=1S/C19H20N4OS3/c1-2-23-18(16-8-5-10-25-16)21-22-19(23)27-12-17(24)20-14-9-11-26-15-7-4-3-6-13(14)15/h3-8,10,14H,2,9,11-12H2,1H3,(H,20,24)/t14-/m1/s1. The molecule has 0 aliphatic carbocycles. The summed E-state index contributed by atoms with van der Waals surface area (Å²) in [5.74, 6) is 2.28. The number of aromatic nitrogens is 3. The Labute approximate surface area is 171 Å². The first kappa shape index (κ1) is 18.6. The van der Waals surface area contributed by atoms with E-state index in [0.29, 0.717) is 5.75 Å². The molecular formula is C19H20N4OS3. The van der Waals surface area contributed by atoms with Gasteiger partial charge in [-0.3, -0.25) is 4.79 Å². The van der Waals surface area contributed by atoms with Crippen molar-refractivity contribution < 1.29 is 4.79 Å². The average molecular weight is 417 g/mol. The minimum Gasteiger partial charge on any atom is -0.348 e. The second kappa shape index (κ2) is 8.50. The molecule has 1 atom stereocenters. The van der Waals surface area contributed by atoms with Gasteiger partial charge >= 0.3 is 0 Å². The van der Waals surface area contributed by atoms with E-state index in [-0.39, 0.29) is 11.9 Å². The third kappa shape index (κ3) is 4.07. The minimum absolute atomic E-state index is 0.0371. The lowest BCUT2D eigenvalue weighted by Crippen LogP contribution is -2.31. The molecule has 1 aliphatic rings. The van der Waals surface area contributed by atoms with Crippen LogP contribution in [-0.2, 0) is 11.3 Å². The fourth-order valence-corrected chi connectivity index (χ4v) is 5.78. The van der Waals surface area contributed by atoms with Crippen LogP contribution in [0.3, 0.4) is 0 Å². The number of fused-ring (bicyclic) bond motifs is 1. The molecule has 1 aromatic carbocycles. The predicted molar refractivity (Wildman–Crippen MR) is 112 cm³/mol. The van der Waals surface area contributed by atoms with Crippen LogP contribution in [0.4, 0.5) is 0 Å². The summed E-state index contributed by atoms with van der Waals surface area (Å²) in [6.45, 7) is 2.85. The zero-order chi connectivity index (χ0) is 18.6. The van der Waals surface area contributed by atoms with Crippen LogP contribution in [0.2, 0.25) is 0 Å². The molecule has 1 amide bonds. The highest BCUT2D eigenvalue weighted by Gasteiger charge is 2.22. The molecule has 8 heteroatoms. The molecule has 5 nitrogen and oxygen atoms in total. The Kier molecular flexibility index (Phi) is 5.85. The Balaban J connectivity index is 1.41. The van der Waals surface area contributed by atoms with Gasteiger partial charge in [0.05, 0.1) is 16.7 Å². The molecular weight excluding hydrogens is 396 g/mol. The molecule has 0 saturated carbocycles. The summed E-state index contributed by atoms with van der Waals surface area (Å²) in [4.78, 5) is 14.9. The van der Waals surface area contributed by atoms with Crippen molar-refractivity contribution in [3.63, 3.8) is 0 Å². The van der Waals surface area contributed by atoms with E-state index in [9.17, 15) is 4.79 Å². The van der Waals surface area contributed by atoms with Gasteiger partial charge < -0.3 is 9.88 Å². The van der Waals surface area contributed by atoms with Crippen LogP contribution in [0.5, 0.6) is 0 Å². The number of hydrogen-bond acceptors (Lipinski definition) is 6. The summed E-state index contributed by atoms with van der Waals surface area (Å²) in [7, 11) is 0. The summed E-state index contributed by atoms with van der Waals surface area (Å²) >= 11 is 4.95. The molecule has 0 unspecified atom stereocenters. The molecule has 3 heterocycles. The van der Waals surface area contributed by atoms with Gasteiger partial charge in [-0.15, -0.1) is 33.3 Å². The monoisotopic (exact) mass is 416 g/mol. The minimum atomic E-state index is 0.0371. The van der Waals surface area contributed by atoms with Crippen molar-refractivity contribution in [2.75, 3.05) is 11.5 Å². The number of rotatable bonds is 6. The fourth-order valence-electron chi connectivity index (χ4n) is 3.13. The topological polar surface area (TPSA) is 59.8 Å². The van der Waals surface area contributed by atoms with Crippen molar-refractivity contribution in [2.24, 2.45) is 0 Å². The van der Waals surface area contributed by atoms with E-state index < -0.39 is 0 Å². The van der Waals surface area contributed by atoms with Crippen LogP contribution >= 0.6 is 34.9 Å². The maximum atomic E-state index is 12.5. The molecule has 0 fully saturated rings. The first-order valence-corrected chi connectivity index (χ1v) is 11.7. The van der Waals surface area contributed by atoms with E-state index >= 15 is 0 Å². The highest BCUT2D eigenvalue weighted by Crippen LogP contribution is 2.36. The molecule has 1 aliphatic heterocycles. The second-order valence-electron chi connectivity index (χ2n) is 6.11. The molecule has 0 saturated heterocycles. The third-order valence-corrected chi connectivity index (χ3v) is 7.36. The van der Waals surface area contributed by atoms with Crippen LogP contribution < -0.4 is 5.32 Å².